The van der Waals surface area contributed by atoms with E-state index in [-0.39, 0.29) is 15.9 Å². The molecular formula is C17H12ClF3N2O. The van der Waals surface area contributed by atoms with Gasteiger partial charge in [-0.2, -0.15) is 18.2 Å². The van der Waals surface area contributed by atoms with Crippen molar-refractivity contribution < 1.29 is 13.2 Å². The molecular weight excluding hydrogens is 341 g/mol. The van der Waals surface area contributed by atoms with Crippen molar-refractivity contribution in [1.29, 1.82) is 0 Å². The monoisotopic (exact) mass is 352 g/mol. The molecule has 0 aliphatic heterocycles. The molecule has 1 unspecified atom stereocenters. The predicted molar refractivity (Wildman–Crippen MR) is 86.3 cm³/mol. The molecule has 0 fully saturated rings. The number of alkyl halides is 3. The van der Waals surface area contributed by atoms with E-state index in [4.69, 9.17) is 11.6 Å². The van der Waals surface area contributed by atoms with Crippen LogP contribution >= 0.6 is 11.6 Å². The molecule has 24 heavy (non-hydrogen) atoms. The van der Waals surface area contributed by atoms with E-state index >= 15 is 0 Å². The van der Waals surface area contributed by atoms with E-state index in [0.717, 1.165) is 0 Å². The number of benzene rings is 2. The highest BCUT2D eigenvalue weighted by Crippen LogP contribution is 2.36. The zero-order chi connectivity index (χ0) is 17.5. The summed E-state index contributed by atoms with van der Waals surface area (Å²) in [6, 6.07) is 11.6. The average Bonchev–Trinajstić information content (AvgIpc) is 2.53. The molecule has 2 aromatic carbocycles. The molecule has 3 aromatic rings. The first-order chi connectivity index (χ1) is 11.3. The minimum Gasteiger partial charge on any atom is -0.280 e. The van der Waals surface area contributed by atoms with Crippen molar-refractivity contribution in [3.8, 4) is 0 Å². The Bertz CT molecular complexity index is 952. The van der Waals surface area contributed by atoms with Gasteiger partial charge in [-0.25, -0.2) is 4.79 Å². The third-order valence-electron chi connectivity index (χ3n) is 3.81. The van der Waals surface area contributed by atoms with E-state index in [1.165, 1.54) is 25.1 Å². The number of hydrogen-bond donors (Lipinski definition) is 0. The lowest BCUT2D eigenvalue weighted by molar-refractivity contribution is -0.143. The third-order valence-corrected chi connectivity index (χ3v) is 4.05. The first-order valence-electron chi connectivity index (χ1n) is 7.13. The highest BCUT2D eigenvalue weighted by molar-refractivity contribution is 6.31. The Balaban J connectivity index is 2.39. The van der Waals surface area contributed by atoms with Gasteiger partial charge in [-0.3, -0.25) is 4.57 Å². The minimum atomic E-state index is -4.73. The van der Waals surface area contributed by atoms with Crippen molar-refractivity contribution in [3.63, 3.8) is 0 Å². The second-order valence-electron chi connectivity index (χ2n) is 5.36. The number of nitrogens with zero attached hydrogens (tertiary/aromatic N) is 2. The summed E-state index contributed by atoms with van der Waals surface area (Å²) in [5.74, 6) is 0. The van der Waals surface area contributed by atoms with Crippen LogP contribution in [-0.2, 0) is 6.18 Å². The van der Waals surface area contributed by atoms with Crippen LogP contribution in [0.2, 0.25) is 5.02 Å². The number of aromatic nitrogens is 2. The van der Waals surface area contributed by atoms with Gasteiger partial charge in [-0.1, -0.05) is 41.9 Å². The van der Waals surface area contributed by atoms with Gasteiger partial charge < -0.3 is 0 Å². The molecule has 0 spiro atoms. The maximum Gasteiger partial charge on any atom is 0.432 e. The van der Waals surface area contributed by atoms with Gasteiger partial charge in [0.1, 0.15) is 5.69 Å². The average molecular weight is 353 g/mol. The van der Waals surface area contributed by atoms with E-state index < -0.39 is 23.6 Å². The van der Waals surface area contributed by atoms with Gasteiger partial charge in [-0.05, 0) is 30.7 Å². The zero-order valence-electron chi connectivity index (χ0n) is 12.5. The third kappa shape index (κ3) is 2.89. The summed E-state index contributed by atoms with van der Waals surface area (Å²) in [5, 5.41) is -0.0512. The van der Waals surface area contributed by atoms with Crippen molar-refractivity contribution in [3.05, 3.63) is 75.3 Å². The number of halogens is 4. The zero-order valence-corrected chi connectivity index (χ0v) is 13.3. The molecule has 0 saturated carbocycles. The first-order valence-corrected chi connectivity index (χ1v) is 7.51. The highest BCUT2D eigenvalue weighted by atomic mass is 35.5. The van der Waals surface area contributed by atoms with E-state index in [2.05, 4.69) is 4.98 Å². The molecule has 0 aliphatic rings. The van der Waals surface area contributed by atoms with E-state index in [1.807, 2.05) is 0 Å². The lowest BCUT2D eigenvalue weighted by atomic mass is 10.1. The summed E-state index contributed by atoms with van der Waals surface area (Å²) in [5.41, 5.74) is -1.45. The molecule has 1 atom stereocenters. The summed E-state index contributed by atoms with van der Waals surface area (Å²) >= 11 is 5.85. The van der Waals surface area contributed by atoms with Crippen LogP contribution in [0.5, 0.6) is 0 Å². The van der Waals surface area contributed by atoms with Gasteiger partial charge in [0.25, 0.3) is 0 Å². The first kappa shape index (κ1) is 16.5. The summed E-state index contributed by atoms with van der Waals surface area (Å²) in [4.78, 5) is 16.1. The Labute approximate surface area is 140 Å². The normalized spacial score (nSPS) is 13.2. The van der Waals surface area contributed by atoms with E-state index in [9.17, 15) is 18.0 Å². The number of fused-ring (bicyclic) bond motifs is 1. The highest BCUT2D eigenvalue weighted by Gasteiger charge is 2.38. The van der Waals surface area contributed by atoms with Crippen molar-refractivity contribution >= 4 is 22.5 Å². The number of hydrogen-bond acceptors (Lipinski definition) is 2. The quantitative estimate of drug-likeness (QED) is 0.671. The molecule has 0 bridgehead atoms. The fourth-order valence-corrected chi connectivity index (χ4v) is 2.88. The Morgan fingerprint density at radius 2 is 1.79 bits per heavy atom. The Morgan fingerprint density at radius 3 is 2.42 bits per heavy atom. The summed E-state index contributed by atoms with van der Waals surface area (Å²) in [6.07, 6.45) is -4.73. The SMILES string of the molecule is CC(c1ccccc1)n1c(C(F)(F)F)c2cc(Cl)ccc2nc1=O. The molecule has 1 heterocycles. The van der Waals surface area contributed by atoms with Crippen LogP contribution in [0.25, 0.3) is 10.9 Å². The number of rotatable bonds is 2. The standard InChI is InChI=1S/C17H12ClF3N2O/c1-10(11-5-3-2-4-6-11)23-15(17(19,20)21)13-9-12(18)7-8-14(13)22-16(23)24/h2-10H,1H3. The second-order valence-corrected chi connectivity index (χ2v) is 5.80. The molecule has 7 heteroatoms. The van der Waals surface area contributed by atoms with Crippen LogP contribution in [-0.4, -0.2) is 9.55 Å². The molecule has 124 valence electrons. The molecule has 0 radical (unpaired) electrons. The Hall–Kier alpha value is -2.34. The predicted octanol–water partition coefficient (Wildman–Crippen LogP) is 4.68. The summed E-state index contributed by atoms with van der Waals surface area (Å²) in [6.45, 7) is 1.53. The van der Waals surface area contributed by atoms with Gasteiger partial charge in [-0.15, -0.1) is 0 Å². The molecule has 0 aliphatic carbocycles. The lowest BCUT2D eigenvalue weighted by Gasteiger charge is -2.22. The van der Waals surface area contributed by atoms with E-state index in [1.54, 1.807) is 30.3 Å². The molecule has 3 rings (SSSR count). The lowest BCUT2D eigenvalue weighted by Crippen LogP contribution is -2.33. The maximum absolute atomic E-state index is 13.7. The fourth-order valence-electron chi connectivity index (χ4n) is 2.71. The molecule has 3 nitrogen and oxygen atoms in total. The van der Waals surface area contributed by atoms with Crippen molar-refractivity contribution in [2.24, 2.45) is 0 Å². The summed E-state index contributed by atoms with van der Waals surface area (Å²) < 4.78 is 41.9. The van der Waals surface area contributed by atoms with Gasteiger partial charge in [0.05, 0.1) is 11.6 Å². The van der Waals surface area contributed by atoms with E-state index in [0.29, 0.717) is 10.1 Å². The van der Waals surface area contributed by atoms with Crippen LogP contribution in [0.4, 0.5) is 13.2 Å². The molecule has 0 amide bonds. The fraction of sp³-hybridized carbons (Fsp3) is 0.176. The molecule has 1 aromatic heterocycles. The molecule has 0 N–H and O–H groups in total. The van der Waals surface area contributed by atoms with Gasteiger partial charge in [0, 0.05) is 10.4 Å². The van der Waals surface area contributed by atoms with Gasteiger partial charge in [0.15, 0.2) is 0 Å². The molecule has 0 saturated heterocycles. The van der Waals surface area contributed by atoms with Crippen LogP contribution in [0.15, 0.2) is 53.3 Å². The van der Waals surface area contributed by atoms with Crippen LogP contribution in [0, 0.1) is 0 Å². The van der Waals surface area contributed by atoms with Crippen LogP contribution in [0.3, 0.4) is 0 Å². The Kier molecular flexibility index (Phi) is 4.09. The van der Waals surface area contributed by atoms with Crippen molar-refractivity contribution in [1.82, 2.24) is 9.55 Å². The maximum atomic E-state index is 13.7. The minimum absolute atomic E-state index is 0.0340. The van der Waals surface area contributed by atoms with Crippen LogP contribution in [0.1, 0.15) is 24.2 Å². The van der Waals surface area contributed by atoms with Crippen molar-refractivity contribution in [2.45, 2.75) is 19.1 Å². The van der Waals surface area contributed by atoms with Crippen molar-refractivity contribution in [2.75, 3.05) is 0 Å². The Morgan fingerprint density at radius 1 is 1.12 bits per heavy atom. The second kappa shape index (κ2) is 5.94. The van der Waals surface area contributed by atoms with Gasteiger partial charge >= 0.3 is 11.9 Å². The largest absolute Gasteiger partial charge is 0.432 e. The van der Waals surface area contributed by atoms with Crippen LogP contribution < -0.4 is 5.69 Å². The summed E-state index contributed by atoms with van der Waals surface area (Å²) in [7, 11) is 0. The topological polar surface area (TPSA) is 34.9 Å². The van der Waals surface area contributed by atoms with Gasteiger partial charge in [0.2, 0.25) is 0 Å². The smallest absolute Gasteiger partial charge is 0.280 e.